The quantitative estimate of drug-likeness (QED) is 0.405. The van der Waals surface area contributed by atoms with Crippen LogP contribution in [0.15, 0.2) is 48.5 Å². The zero-order chi connectivity index (χ0) is 18.4. The Hall–Kier alpha value is -2.53. The summed E-state index contributed by atoms with van der Waals surface area (Å²) in [5, 5.41) is 0. The number of hydrogen-bond acceptors (Lipinski definition) is 4. The Balaban J connectivity index is 2.39. The minimum Gasteiger partial charge on any atom is -0.544 e. The van der Waals surface area contributed by atoms with Gasteiger partial charge in [-0.25, -0.2) is 0 Å². The van der Waals surface area contributed by atoms with Crippen molar-refractivity contribution in [2.75, 3.05) is 14.2 Å². The fourth-order valence-electron chi connectivity index (χ4n) is 2.39. The van der Waals surface area contributed by atoms with E-state index in [0.717, 1.165) is 5.56 Å². The zero-order valence-corrected chi connectivity index (χ0v) is 16.3. The summed E-state index contributed by atoms with van der Waals surface area (Å²) in [7, 11) is 1.29. The number of carbonyl (C=O) groups is 1. The van der Waals surface area contributed by atoms with Crippen molar-refractivity contribution in [2.45, 2.75) is 19.6 Å². The number of allylic oxidation sites excluding steroid dienone is 1. The molecule has 2 rings (SSSR count). The van der Waals surface area contributed by atoms with Gasteiger partial charge in [0.1, 0.15) is 22.8 Å². The Morgan fingerprint density at radius 1 is 0.880 bits per heavy atom. The highest BCUT2D eigenvalue weighted by atomic mass is 28.4. The number of carbonyl (C=O) groups excluding carboxylic acids is 1. The monoisotopic (exact) mass is 356 g/mol. The van der Waals surface area contributed by atoms with E-state index in [0.29, 0.717) is 22.8 Å². The number of rotatable bonds is 7. The highest BCUT2D eigenvalue weighted by Gasteiger charge is 2.22. The molecule has 0 radical (unpaired) electrons. The third kappa shape index (κ3) is 4.97. The number of ketones is 1. The number of methoxy groups -OCH3 is 2. The topological polar surface area (TPSA) is 44.8 Å². The molecule has 132 valence electrons. The van der Waals surface area contributed by atoms with Gasteiger partial charge in [0, 0.05) is 5.56 Å². The van der Waals surface area contributed by atoms with Crippen molar-refractivity contribution in [3.8, 4) is 17.2 Å². The van der Waals surface area contributed by atoms with Crippen LogP contribution in [-0.4, -0.2) is 28.3 Å². The van der Waals surface area contributed by atoms with Crippen LogP contribution in [0.25, 0.3) is 6.08 Å². The molecule has 0 bridgehead atoms. The molecule has 0 amide bonds. The maximum Gasteiger partial charge on any atom is 0.242 e. The third-order valence-corrected chi connectivity index (χ3v) is 4.26. The van der Waals surface area contributed by atoms with Gasteiger partial charge >= 0.3 is 0 Å². The number of ether oxygens (including phenoxy) is 2. The molecule has 2 aromatic carbocycles. The van der Waals surface area contributed by atoms with Crippen LogP contribution in [0, 0.1) is 0 Å². The molecule has 0 N–H and O–H groups in total. The molecule has 0 saturated carbocycles. The summed E-state index contributed by atoms with van der Waals surface area (Å²) in [6.07, 6.45) is 3.26. The fourth-order valence-corrected chi connectivity index (χ4v) is 3.22. The van der Waals surface area contributed by atoms with E-state index in [-0.39, 0.29) is 5.78 Å². The molecule has 0 aliphatic heterocycles. The molecule has 0 saturated heterocycles. The first-order chi connectivity index (χ1) is 11.9. The van der Waals surface area contributed by atoms with E-state index in [1.54, 1.807) is 26.4 Å². The summed E-state index contributed by atoms with van der Waals surface area (Å²) in [6, 6.07) is 12.9. The standard InChI is InChI=1S/C20H24O4Si/c1-22-17-10-7-6-9-15(17)13-14-16(21)20-18(23-2)11-8-12-19(20)24-25(3,4)5/h6-14H,1-5H3/b14-13+. The minimum atomic E-state index is -1.86. The predicted molar refractivity (Wildman–Crippen MR) is 103 cm³/mol. The van der Waals surface area contributed by atoms with Crippen molar-refractivity contribution in [2.24, 2.45) is 0 Å². The second-order valence-corrected chi connectivity index (χ2v) is 10.9. The lowest BCUT2D eigenvalue weighted by atomic mass is 10.1. The summed E-state index contributed by atoms with van der Waals surface area (Å²) < 4.78 is 16.8. The maximum absolute atomic E-state index is 12.8. The smallest absolute Gasteiger partial charge is 0.242 e. The molecule has 5 heteroatoms. The Labute approximate surface area is 150 Å². The Morgan fingerprint density at radius 3 is 2.12 bits per heavy atom. The van der Waals surface area contributed by atoms with E-state index in [4.69, 9.17) is 13.9 Å². The molecule has 0 unspecified atom stereocenters. The molecule has 0 aliphatic rings. The first-order valence-corrected chi connectivity index (χ1v) is 11.5. The van der Waals surface area contributed by atoms with Crippen LogP contribution in [-0.2, 0) is 0 Å². The summed E-state index contributed by atoms with van der Waals surface area (Å²) in [6.45, 7) is 6.22. The molecular formula is C20H24O4Si. The van der Waals surface area contributed by atoms with Crippen molar-refractivity contribution in [1.82, 2.24) is 0 Å². The molecule has 25 heavy (non-hydrogen) atoms. The average molecular weight is 356 g/mol. The van der Waals surface area contributed by atoms with E-state index in [2.05, 4.69) is 19.6 Å². The highest BCUT2D eigenvalue weighted by Crippen LogP contribution is 2.31. The maximum atomic E-state index is 12.8. The lowest BCUT2D eigenvalue weighted by Crippen LogP contribution is -2.30. The molecule has 0 atom stereocenters. The number of benzene rings is 2. The van der Waals surface area contributed by atoms with Gasteiger partial charge in [-0.15, -0.1) is 0 Å². The van der Waals surface area contributed by atoms with Crippen LogP contribution >= 0.6 is 0 Å². The van der Waals surface area contributed by atoms with Gasteiger partial charge in [0.15, 0.2) is 5.78 Å². The normalized spacial score (nSPS) is 11.4. The van der Waals surface area contributed by atoms with Gasteiger partial charge in [-0.3, -0.25) is 4.79 Å². The van der Waals surface area contributed by atoms with E-state index in [1.807, 2.05) is 36.4 Å². The van der Waals surface area contributed by atoms with E-state index in [1.165, 1.54) is 6.08 Å². The fraction of sp³-hybridized carbons (Fsp3) is 0.250. The lowest BCUT2D eigenvalue weighted by Gasteiger charge is -2.22. The predicted octanol–water partition coefficient (Wildman–Crippen LogP) is 4.81. The van der Waals surface area contributed by atoms with Crippen molar-refractivity contribution >= 4 is 20.2 Å². The summed E-state index contributed by atoms with van der Waals surface area (Å²) in [4.78, 5) is 12.8. The highest BCUT2D eigenvalue weighted by molar-refractivity contribution is 6.70. The van der Waals surface area contributed by atoms with Crippen molar-refractivity contribution < 1.29 is 18.7 Å². The molecule has 0 spiro atoms. The molecular weight excluding hydrogens is 332 g/mol. The average Bonchev–Trinajstić information content (AvgIpc) is 2.58. The second kappa shape index (κ2) is 8.03. The van der Waals surface area contributed by atoms with Crippen LogP contribution in [0.2, 0.25) is 19.6 Å². The van der Waals surface area contributed by atoms with Gasteiger partial charge in [0.2, 0.25) is 8.32 Å². The van der Waals surface area contributed by atoms with Crippen molar-refractivity contribution in [1.29, 1.82) is 0 Å². The van der Waals surface area contributed by atoms with Crippen LogP contribution in [0.4, 0.5) is 0 Å². The largest absolute Gasteiger partial charge is 0.544 e. The lowest BCUT2D eigenvalue weighted by molar-refractivity contribution is 0.104. The third-order valence-electron chi connectivity index (χ3n) is 3.42. The molecule has 0 fully saturated rings. The van der Waals surface area contributed by atoms with Crippen LogP contribution in [0.3, 0.4) is 0 Å². The zero-order valence-electron chi connectivity index (χ0n) is 15.3. The second-order valence-electron chi connectivity index (χ2n) is 6.49. The van der Waals surface area contributed by atoms with E-state index < -0.39 is 8.32 Å². The van der Waals surface area contributed by atoms with Crippen molar-refractivity contribution in [3.05, 3.63) is 59.7 Å². The van der Waals surface area contributed by atoms with Crippen LogP contribution in [0.5, 0.6) is 17.2 Å². The molecule has 2 aromatic rings. The first-order valence-electron chi connectivity index (χ1n) is 8.07. The minimum absolute atomic E-state index is 0.170. The summed E-state index contributed by atoms with van der Waals surface area (Å²) in [5.41, 5.74) is 1.28. The summed E-state index contributed by atoms with van der Waals surface area (Å²) in [5.74, 6) is 1.61. The van der Waals surface area contributed by atoms with Crippen molar-refractivity contribution in [3.63, 3.8) is 0 Å². The summed E-state index contributed by atoms with van der Waals surface area (Å²) >= 11 is 0. The Morgan fingerprint density at radius 2 is 1.48 bits per heavy atom. The molecule has 4 nitrogen and oxygen atoms in total. The number of para-hydroxylation sites is 1. The van der Waals surface area contributed by atoms with Gasteiger partial charge in [-0.05, 0) is 50.0 Å². The Bertz CT molecular complexity index is 776. The molecule has 0 heterocycles. The van der Waals surface area contributed by atoms with Gasteiger partial charge in [-0.1, -0.05) is 24.3 Å². The molecule has 0 aromatic heterocycles. The van der Waals surface area contributed by atoms with E-state index in [9.17, 15) is 4.79 Å². The SMILES string of the molecule is COc1ccccc1/C=C/C(=O)c1c(OC)cccc1O[Si](C)(C)C. The first kappa shape index (κ1) is 18.8. The van der Waals surface area contributed by atoms with Gasteiger partial charge in [-0.2, -0.15) is 0 Å². The van der Waals surface area contributed by atoms with Gasteiger partial charge < -0.3 is 13.9 Å². The molecule has 0 aliphatic carbocycles. The van der Waals surface area contributed by atoms with E-state index >= 15 is 0 Å². The van der Waals surface area contributed by atoms with Gasteiger partial charge in [0.05, 0.1) is 14.2 Å². The van der Waals surface area contributed by atoms with Gasteiger partial charge in [0.25, 0.3) is 0 Å². The van der Waals surface area contributed by atoms with Crippen LogP contribution < -0.4 is 13.9 Å². The van der Waals surface area contributed by atoms with Crippen LogP contribution in [0.1, 0.15) is 15.9 Å². The number of hydrogen-bond donors (Lipinski definition) is 0. The Kier molecular flexibility index (Phi) is 6.04.